The summed E-state index contributed by atoms with van der Waals surface area (Å²) in [5.41, 5.74) is 2.27. The van der Waals surface area contributed by atoms with Crippen LogP contribution in [0.5, 0.6) is 0 Å². The van der Waals surface area contributed by atoms with E-state index in [1.54, 1.807) is 0 Å². The van der Waals surface area contributed by atoms with Gasteiger partial charge in [-0.1, -0.05) is 6.07 Å². The first-order valence-electron chi connectivity index (χ1n) is 6.76. The van der Waals surface area contributed by atoms with Crippen LogP contribution >= 0.6 is 0 Å². The fraction of sp³-hybridized carbons (Fsp3) is 0.462. The number of carbonyl (C=O) groups excluding carboxylic acids is 1. The van der Waals surface area contributed by atoms with Gasteiger partial charge in [0.1, 0.15) is 5.69 Å². The average Bonchev–Trinajstić information content (AvgIpc) is 2.48. The molecule has 1 saturated heterocycles. The Kier molecular flexibility index (Phi) is 4.71. The van der Waals surface area contributed by atoms with Gasteiger partial charge in [-0.3, -0.25) is 20.8 Å². The highest BCUT2D eigenvalue weighted by Crippen LogP contribution is 2.27. The van der Waals surface area contributed by atoms with Crippen molar-refractivity contribution in [2.45, 2.75) is 18.9 Å². The highest BCUT2D eigenvalue weighted by Gasteiger charge is 2.24. The molecule has 0 spiro atoms. The van der Waals surface area contributed by atoms with Crippen LogP contribution in [0.2, 0.25) is 0 Å². The van der Waals surface area contributed by atoms with Gasteiger partial charge in [0.25, 0.3) is 11.6 Å². The van der Waals surface area contributed by atoms with Crippen LogP contribution in [0.1, 0.15) is 23.2 Å². The summed E-state index contributed by atoms with van der Waals surface area (Å²) in [6, 6.07) is 4.38. The number of para-hydroxylation sites is 1. The summed E-state index contributed by atoms with van der Waals surface area (Å²) in [5, 5.41) is 13.9. The summed E-state index contributed by atoms with van der Waals surface area (Å²) in [4.78, 5) is 24.9. The van der Waals surface area contributed by atoms with Crippen LogP contribution in [0.15, 0.2) is 18.2 Å². The van der Waals surface area contributed by atoms with Gasteiger partial charge in [0.2, 0.25) is 0 Å². The molecule has 1 fully saturated rings. The lowest BCUT2D eigenvalue weighted by Crippen LogP contribution is -2.43. The summed E-state index contributed by atoms with van der Waals surface area (Å²) in [6.07, 6.45) is 1.73. The maximum atomic E-state index is 12.3. The number of hydrogen-bond donors (Lipinski definition) is 3. The number of nitrogen functional groups attached to an aromatic ring is 1. The minimum absolute atomic E-state index is 0.0351. The number of nitrogens with two attached hydrogens (primary N) is 1. The Morgan fingerprint density at radius 1 is 1.43 bits per heavy atom. The van der Waals surface area contributed by atoms with Crippen molar-refractivity contribution >= 4 is 17.3 Å². The summed E-state index contributed by atoms with van der Waals surface area (Å²) < 4.78 is 0. The molecule has 0 aliphatic carbocycles. The molecule has 114 valence electrons. The van der Waals surface area contributed by atoms with Crippen LogP contribution < -0.4 is 16.6 Å². The number of benzene rings is 1. The van der Waals surface area contributed by atoms with Gasteiger partial charge in [0, 0.05) is 12.1 Å². The largest absolute Gasteiger partial charge is 0.349 e. The second-order valence-corrected chi connectivity index (χ2v) is 5.15. The molecule has 0 aromatic heterocycles. The van der Waals surface area contributed by atoms with Gasteiger partial charge >= 0.3 is 0 Å². The fourth-order valence-electron chi connectivity index (χ4n) is 2.45. The third-order valence-corrected chi connectivity index (χ3v) is 3.68. The fourth-order valence-corrected chi connectivity index (χ4v) is 2.45. The molecule has 4 N–H and O–H groups in total. The number of hydrogen-bond acceptors (Lipinski definition) is 6. The number of nitrogens with zero attached hydrogens (tertiary/aromatic N) is 2. The molecular formula is C13H19N5O3. The highest BCUT2D eigenvalue weighted by molar-refractivity contribution is 6.01. The number of nitro groups is 1. The number of amides is 1. The van der Waals surface area contributed by atoms with Gasteiger partial charge in [-0.15, -0.1) is 0 Å². The zero-order chi connectivity index (χ0) is 15.4. The Morgan fingerprint density at radius 3 is 2.67 bits per heavy atom. The molecule has 2 rings (SSSR count). The number of nitrogens with one attached hydrogen (secondary N) is 2. The molecule has 1 aromatic rings. The Labute approximate surface area is 122 Å². The van der Waals surface area contributed by atoms with Crippen molar-refractivity contribution in [2.75, 3.05) is 25.6 Å². The quantitative estimate of drug-likeness (QED) is 0.428. The summed E-state index contributed by atoms with van der Waals surface area (Å²) in [7, 11) is 2.04. The zero-order valence-electron chi connectivity index (χ0n) is 11.8. The number of piperidine rings is 1. The van der Waals surface area contributed by atoms with E-state index in [-0.39, 0.29) is 28.9 Å². The van der Waals surface area contributed by atoms with E-state index in [1.807, 2.05) is 7.05 Å². The minimum Gasteiger partial charge on any atom is -0.349 e. The molecule has 0 bridgehead atoms. The lowest BCUT2D eigenvalue weighted by atomic mass is 10.0. The highest BCUT2D eigenvalue weighted by atomic mass is 16.6. The van der Waals surface area contributed by atoms with E-state index in [0.29, 0.717) is 0 Å². The second kappa shape index (κ2) is 6.51. The number of nitro benzene ring substituents is 1. The van der Waals surface area contributed by atoms with E-state index >= 15 is 0 Å². The first-order valence-corrected chi connectivity index (χ1v) is 6.76. The predicted octanol–water partition coefficient (Wildman–Crippen LogP) is 0.704. The second-order valence-electron chi connectivity index (χ2n) is 5.15. The molecular weight excluding hydrogens is 274 g/mol. The Morgan fingerprint density at radius 2 is 2.10 bits per heavy atom. The number of carbonyl (C=O) groups is 1. The normalized spacial score (nSPS) is 16.5. The molecule has 1 aliphatic rings. The Balaban J connectivity index is 2.15. The first kappa shape index (κ1) is 15.2. The topological polar surface area (TPSA) is 114 Å². The van der Waals surface area contributed by atoms with E-state index in [2.05, 4.69) is 15.6 Å². The SMILES string of the molecule is CN1CCC(NC(=O)c2cccc([N+](=O)[O-])c2NN)CC1. The minimum atomic E-state index is -0.568. The standard InChI is InChI=1S/C13H19N5O3/c1-17-7-5-9(6-8-17)15-13(19)10-3-2-4-11(18(20)21)12(10)16-14/h2-4,9,16H,5-8,14H2,1H3,(H,15,19). The summed E-state index contributed by atoms with van der Waals surface area (Å²) >= 11 is 0. The number of rotatable bonds is 4. The van der Waals surface area contributed by atoms with Crippen molar-refractivity contribution in [3.8, 4) is 0 Å². The van der Waals surface area contributed by atoms with Crippen LogP contribution in [0.25, 0.3) is 0 Å². The predicted molar refractivity (Wildman–Crippen MR) is 78.9 cm³/mol. The van der Waals surface area contributed by atoms with E-state index < -0.39 is 4.92 Å². The van der Waals surface area contributed by atoms with Gasteiger partial charge in [-0.2, -0.15) is 0 Å². The molecule has 0 unspecified atom stereocenters. The number of likely N-dealkylation sites (tertiary alicyclic amines) is 1. The first-order chi connectivity index (χ1) is 10.0. The molecule has 8 nitrogen and oxygen atoms in total. The van der Waals surface area contributed by atoms with Crippen LogP contribution in [0.3, 0.4) is 0 Å². The van der Waals surface area contributed by atoms with Crippen molar-refractivity contribution in [2.24, 2.45) is 5.84 Å². The van der Waals surface area contributed by atoms with Crippen LogP contribution in [-0.4, -0.2) is 41.9 Å². The molecule has 1 aliphatic heterocycles. The lowest BCUT2D eigenvalue weighted by molar-refractivity contribution is -0.384. The number of hydrazine groups is 1. The van der Waals surface area contributed by atoms with Crippen molar-refractivity contribution < 1.29 is 9.72 Å². The zero-order valence-corrected chi connectivity index (χ0v) is 11.8. The molecule has 1 amide bonds. The van der Waals surface area contributed by atoms with Gasteiger partial charge in [0.15, 0.2) is 0 Å². The van der Waals surface area contributed by atoms with Crippen LogP contribution in [0.4, 0.5) is 11.4 Å². The third-order valence-electron chi connectivity index (χ3n) is 3.68. The molecule has 0 radical (unpaired) electrons. The molecule has 1 aromatic carbocycles. The number of anilines is 1. The van der Waals surface area contributed by atoms with Crippen LogP contribution in [0, 0.1) is 10.1 Å². The van der Waals surface area contributed by atoms with E-state index in [4.69, 9.17) is 5.84 Å². The molecule has 21 heavy (non-hydrogen) atoms. The molecule has 8 heteroatoms. The van der Waals surface area contributed by atoms with E-state index in [0.717, 1.165) is 25.9 Å². The van der Waals surface area contributed by atoms with Crippen molar-refractivity contribution in [3.63, 3.8) is 0 Å². The lowest BCUT2D eigenvalue weighted by Gasteiger charge is -2.29. The van der Waals surface area contributed by atoms with Crippen molar-refractivity contribution in [3.05, 3.63) is 33.9 Å². The van der Waals surface area contributed by atoms with Crippen molar-refractivity contribution in [1.29, 1.82) is 0 Å². The molecule has 1 heterocycles. The van der Waals surface area contributed by atoms with Crippen LogP contribution in [-0.2, 0) is 0 Å². The monoisotopic (exact) mass is 293 g/mol. The summed E-state index contributed by atoms with van der Waals surface area (Å²) in [6.45, 7) is 1.84. The Hall–Kier alpha value is -2.19. The smallest absolute Gasteiger partial charge is 0.294 e. The summed E-state index contributed by atoms with van der Waals surface area (Å²) in [5.74, 6) is 4.99. The van der Waals surface area contributed by atoms with Gasteiger partial charge < -0.3 is 15.6 Å². The maximum absolute atomic E-state index is 12.3. The van der Waals surface area contributed by atoms with Gasteiger partial charge in [0.05, 0.1) is 10.5 Å². The van der Waals surface area contributed by atoms with Gasteiger partial charge in [-0.25, -0.2) is 0 Å². The molecule has 0 atom stereocenters. The van der Waals surface area contributed by atoms with E-state index in [9.17, 15) is 14.9 Å². The maximum Gasteiger partial charge on any atom is 0.294 e. The van der Waals surface area contributed by atoms with Crippen molar-refractivity contribution in [1.82, 2.24) is 10.2 Å². The Bertz CT molecular complexity index is 541. The third kappa shape index (κ3) is 3.47. The van der Waals surface area contributed by atoms with E-state index in [1.165, 1.54) is 18.2 Å². The molecule has 0 saturated carbocycles. The van der Waals surface area contributed by atoms with Gasteiger partial charge in [-0.05, 0) is 39.0 Å². The average molecular weight is 293 g/mol.